The van der Waals surface area contributed by atoms with Gasteiger partial charge in [0.15, 0.2) is 0 Å². The van der Waals surface area contributed by atoms with E-state index < -0.39 is 18.0 Å². The fraction of sp³-hybridized carbons (Fsp3) is 0.769. The Labute approximate surface area is 125 Å². The summed E-state index contributed by atoms with van der Waals surface area (Å²) in [6.45, 7) is 0.274. The molecule has 2 aliphatic heterocycles. The highest BCUT2D eigenvalue weighted by Crippen LogP contribution is 2.24. The Hall–Kier alpha value is -1.80. The van der Waals surface area contributed by atoms with Gasteiger partial charge in [0, 0.05) is 39.0 Å². The topological polar surface area (TPSA) is 69.7 Å². The Bertz CT molecular complexity index is 473. The fourth-order valence-electron chi connectivity index (χ4n) is 2.80. The van der Waals surface area contributed by atoms with Crippen molar-refractivity contribution in [3.8, 4) is 0 Å². The van der Waals surface area contributed by atoms with Gasteiger partial charge in [-0.1, -0.05) is 0 Å². The van der Waals surface area contributed by atoms with Gasteiger partial charge in [0.25, 0.3) is 0 Å². The van der Waals surface area contributed by atoms with E-state index in [-0.39, 0.29) is 50.2 Å². The molecule has 2 aliphatic rings. The molecule has 2 fully saturated rings. The first-order valence-electron chi connectivity index (χ1n) is 7.09. The molecule has 1 N–H and O–H groups in total. The van der Waals surface area contributed by atoms with Gasteiger partial charge in [0.2, 0.25) is 11.8 Å². The van der Waals surface area contributed by atoms with E-state index in [1.807, 2.05) is 0 Å². The average molecular weight is 321 g/mol. The van der Waals surface area contributed by atoms with Gasteiger partial charge in [-0.3, -0.25) is 14.4 Å². The minimum atomic E-state index is -4.87. The first-order chi connectivity index (χ1) is 10.2. The van der Waals surface area contributed by atoms with Crippen LogP contribution in [-0.2, 0) is 14.4 Å². The van der Waals surface area contributed by atoms with E-state index in [1.54, 1.807) is 7.05 Å². The Morgan fingerprint density at radius 1 is 1.23 bits per heavy atom. The number of halogens is 3. The highest BCUT2D eigenvalue weighted by atomic mass is 19.4. The number of amides is 3. The Morgan fingerprint density at radius 3 is 2.27 bits per heavy atom. The Kier molecular flexibility index (Phi) is 4.62. The molecule has 0 aromatic carbocycles. The molecule has 2 saturated heterocycles. The molecule has 0 spiro atoms. The smallest absolute Gasteiger partial charge is 0.351 e. The van der Waals surface area contributed by atoms with E-state index in [4.69, 9.17) is 0 Å². The summed E-state index contributed by atoms with van der Waals surface area (Å²) in [6, 6.07) is -0.250. The van der Waals surface area contributed by atoms with E-state index in [2.05, 4.69) is 5.32 Å². The minimum absolute atomic E-state index is 0.0455. The van der Waals surface area contributed by atoms with Gasteiger partial charge in [-0.25, -0.2) is 0 Å². The van der Waals surface area contributed by atoms with Gasteiger partial charge in [0.05, 0.1) is 6.04 Å². The summed E-state index contributed by atoms with van der Waals surface area (Å²) >= 11 is 0. The fourth-order valence-corrected chi connectivity index (χ4v) is 2.80. The van der Waals surface area contributed by atoms with Crippen LogP contribution in [0.4, 0.5) is 13.2 Å². The summed E-state index contributed by atoms with van der Waals surface area (Å²) in [5.74, 6) is -2.57. The van der Waals surface area contributed by atoms with E-state index in [0.717, 1.165) is 4.90 Å². The van der Waals surface area contributed by atoms with Crippen LogP contribution in [0, 0.1) is 5.92 Å². The first-order valence-corrected chi connectivity index (χ1v) is 7.09. The number of nitrogens with zero attached hydrogens (tertiary/aromatic N) is 2. The molecule has 0 bridgehead atoms. The standard InChI is InChI=1S/C13H18F3N3O3/c1-18-7-9(6-10(18)20)17-11(21)8-2-4-19(5-3-8)12(22)13(14,15)16/h8-9H,2-7H2,1H3,(H,17,21). The van der Waals surface area contributed by atoms with Gasteiger partial charge < -0.3 is 15.1 Å². The summed E-state index contributed by atoms with van der Waals surface area (Å²) < 4.78 is 37.0. The molecule has 6 nitrogen and oxygen atoms in total. The Morgan fingerprint density at radius 2 is 1.82 bits per heavy atom. The molecule has 1 unspecified atom stereocenters. The maximum absolute atomic E-state index is 12.3. The number of hydrogen-bond acceptors (Lipinski definition) is 3. The van der Waals surface area contributed by atoms with E-state index in [9.17, 15) is 27.6 Å². The number of piperidine rings is 1. The minimum Gasteiger partial charge on any atom is -0.351 e. The van der Waals surface area contributed by atoms with Crippen molar-refractivity contribution >= 4 is 17.7 Å². The number of alkyl halides is 3. The molecule has 2 rings (SSSR count). The highest BCUT2D eigenvalue weighted by Gasteiger charge is 2.43. The second-order valence-electron chi connectivity index (χ2n) is 5.75. The molecule has 0 saturated carbocycles. The van der Waals surface area contributed by atoms with Crippen LogP contribution in [0.25, 0.3) is 0 Å². The molecule has 0 aromatic rings. The lowest BCUT2D eigenvalue weighted by Gasteiger charge is -2.32. The van der Waals surface area contributed by atoms with Gasteiger partial charge in [-0.15, -0.1) is 0 Å². The zero-order valence-corrected chi connectivity index (χ0v) is 12.2. The third-order valence-electron chi connectivity index (χ3n) is 4.08. The van der Waals surface area contributed by atoms with Crippen LogP contribution in [0.15, 0.2) is 0 Å². The highest BCUT2D eigenvalue weighted by molar-refractivity contribution is 5.84. The maximum atomic E-state index is 12.3. The summed E-state index contributed by atoms with van der Waals surface area (Å²) in [5, 5.41) is 2.76. The van der Waals surface area contributed by atoms with Crippen molar-refractivity contribution in [1.29, 1.82) is 0 Å². The Balaban J connectivity index is 1.80. The summed E-state index contributed by atoms with van der Waals surface area (Å²) in [4.78, 5) is 36.8. The van der Waals surface area contributed by atoms with Crippen LogP contribution in [-0.4, -0.2) is 66.4 Å². The zero-order valence-electron chi connectivity index (χ0n) is 12.2. The molecule has 2 heterocycles. The molecular weight excluding hydrogens is 303 g/mol. The molecule has 1 atom stereocenters. The molecule has 22 heavy (non-hydrogen) atoms. The van der Waals surface area contributed by atoms with Crippen molar-refractivity contribution in [2.45, 2.75) is 31.5 Å². The van der Waals surface area contributed by atoms with E-state index in [0.29, 0.717) is 6.54 Å². The van der Waals surface area contributed by atoms with Crippen LogP contribution in [0.2, 0.25) is 0 Å². The second kappa shape index (κ2) is 6.13. The van der Waals surface area contributed by atoms with Crippen LogP contribution in [0.3, 0.4) is 0 Å². The summed E-state index contributed by atoms with van der Waals surface area (Å²) in [6.07, 6.45) is -4.23. The van der Waals surface area contributed by atoms with E-state index in [1.165, 1.54) is 4.90 Å². The normalized spacial score (nSPS) is 23.8. The third kappa shape index (κ3) is 3.69. The number of hydrogen-bond donors (Lipinski definition) is 1. The lowest BCUT2D eigenvalue weighted by Crippen LogP contribution is -2.48. The predicted octanol–water partition coefficient (Wildman–Crippen LogP) is 0.134. The quantitative estimate of drug-likeness (QED) is 0.786. The second-order valence-corrected chi connectivity index (χ2v) is 5.75. The van der Waals surface area contributed by atoms with Gasteiger partial charge >= 0.3 is 12.1 Å². The SMILES string of the molecule is CN1CC(NC(=O)C2CCN(C(=O)C(F)(F)F)CC2)CC1=O. The number of carbonyl (C=O) groups is 3. The van der Waals surface area contributed by atoms with Gasteiger partial charge in [-0.05, 0) is 12.8 Å². The molecule has 0 aliphatic carbocycles. The molecule has 0 aromatic heterocycles. The average Bonchev–Trinajstić information content (AvgIpc) is 2.75. The molecule has 9 heteroatoms. The molecule has 0 radical (unpaired) electrons. The summed E-state index contributed by atoms with van der Waals surface area (Å²) in [7, 11) is 1.65. The molecular formula is C13H18F3N3O3. The van der Waals surface area contributed by atoms with Gasteiger partial charge in [-0.2, -0.15) is 13.2 Å². The van der Waals surface area contributed by atoms with Crippen molar-refractivity contribution in [2.75, 3.05) is 26.7 Å². The number of likely N-dealkylation sites (tertiary alicyclic amines) is 2. The number of nitrogens with one attached hydrogen (secondary N) is 1. The van der Waals surface area contributed by atoms with Crippen LogP contribution in [0.1, 0.15) is 19.3 Å². The van der Waals surface area contributed by atoms with E-state index >= 15 is 0 Å². The van der Waals surface area contributed by atoms with Crippen molar-refractivity contribution in [3.63, 3.8) is 0 Å². The largest absolute Gasteiger partial charge is 0.471 e. The predicted molar refractivity (Wildman–Crippen MR) is 69.5 cm³/mol. The summed E-state index contributed by atoms with van der Waals surface area (Å²) in [5.41, 5.74) is 0. The van der Waals surface area contributed by atoms with Gasteiger partial charge in [0.1, 0.15) is 0 Å². The zero-order chi connectivity index (χ0) is 16.5. The monoisotopic (exact) mass is 321 g/mol. The lowest BCUT2D eigenvalue weighted by molar-refractivity contribution is -0.186. The first kappa shape index (κ1) is 16.6. The third-order valence-corrected chi connectivity index (χ3v) is 4.08. The number of likely N-dealkylation sites (N-methyl/N-ethyl adjacent to an activating group) is 1. The van der Waals surface area contributed by atoms with Crippen LogP contribution >= 0.6 is 0 Å². The van der Waals surface area contributed by atoms with Crippen molar-refractivity contribution in [3.05, 3.63) is 0 Å². The maximum Gasteiger partial charge on any atom is 0.471 e. The van der Waals surface area contributed by atoms with Crippen LogP contribution < -0.4 is 5.32 Å². The number of rotatable bonds is 2. The van der Waals surface area contributed by atoms with Crippen molar-refractivity contribution < 1.29 is 27.6 Å². The molecule has 124 valence electrons. The number of carbonyl (C=O) groups excluding carboxylic acids is 3. The van der Waals surface area contributed by atoms with Crippen LogP contribution in [0.5, 0.6) is 0 Å². The van der Waals surface area contributed by atoms with Crippen molar-refractivity contribution in [1.82, 2.24) is 15.1 Å². The van der Waals surface area contributed by atoms with Crippen molar-refractivity contribution in [2.24, 2.45) is 5.92 Å². The lowest BCUT2D eigenvalue weighted by atomic mass is 9.95. The molecule has 3 amide bonds.